The standard InChI is InChI=1S/C13H27N3OS/c1-3-16(4-2)8-9-18-11-13(17)15-10-12-6-5-7-14-12/h12,14H,3-11H2,1-2H3,(H,15,17). The van der Waals surface area contributed by atoms with Gasteiger partial charge in [0.2, 0.25) is 5.91 Å². The van der Waals surface area contributed by atoms with Crippen LogP contribution in [0.25, 0.3) is 0 Å². The van der Waals surface area contributed by atoms with Crippen LogP contribution < -0.4 is 10.6 Å². The van der Waals surface area contributed by atoms with Crippen molar-refractivity contribution < 1.29 is 4.79 Å². The molecule has 0 aromatic rings. The number of thioether (sulfide) groups is 1. The summed E-state index contributed by atoms with van der Waals surface area (Å²) < 4.78 is 0. The van der Waals surface area contributed by atoms with Gasteiger partial charge in [0.25, 0.3) is 0 Å². The Hall–Kier alpha value is -0.260. The van der Waals surface area contributed by atoms with Gasteiger partial charge in [0.05, 0.1) is 5.75 Å². The first-order valence-corrected chi connectivity index (χ1v) is 8.21. The van der Waals surface area contributed by atoms with Gasteiger partial charge in [-0.1, -0.05) is 13.8 Å². The lowest BCUT2D eigenvalue weighted by atomic mass is 10.2. The Labute approximate surface area is 115 Å². The molecule has 5 heteroatoms. The van der Waals surface area contributed by atoms with E-state index < -0.39 is 0 Å². The van der Waals surface area contributed by atoms with Gasteiger partial charge in [-0.15, -0.1) is 0 Å². The molecule has 1 heterocycles. The van der Waals surface area contributed by atoms with Crippen LogP contribution in [0.5, 0.6) is 0 Å². The van der Waals surface area contributed by atoms with Crippen molar-refractivity contribution in [3.63, 3.8) is 0 Å². The Kier molecular flexibility index (Phi) is 8.46. The van der Waals surface area contributed by atoms with E-state index in [0.29, 0.717) is 11.8 Å². The Morgan fingerprint density at radius 2 is 2.22 bits per heavy atom. The van der Waals surface area contributed by atoms with Gasteiger partial charge in [-0.2, -0.15) is 11.8 Å². The van der Waals surface area contributed by atoms with Gasteiger partial charge in [-0.05, 0) is 32.5 Å². The molecular weight excluding hydrogens is 246 g/mol. The second kappa shape index (κ2) is 9.64. The van der Waals surface area contributed by atoms with Crippen LogP contribution >= 0.6 is 11.8 Å². The molecule has 0 spiro atoms. The monoisotopic (exact) mass is 273 g/mol. The fraction of sp³-hybridized carbons (Fsp3) is 0.923. The third-order valence-electron chi connectivity index (χ3n) is 3.39. The number of hydrogen-bond donors (Lipinski definition) is 2. The normalized spacial score (nSPS) is 19.4. The van der Waals surface area contributed by atoms with Crippen molar-refractivity contribution in [3.8, 4) is 0 Å². The summed E-state index contributed by atoms with van der Waals surface area (Å²) in [6, 6.07) is 0.495. The third-order valence-corrected chi connectivity index (χ3v) is 4.33. The zero-order chi connectivity index (χ0) is 13.2. The van der Waals surface area contributed by atoms with E-state index in [-0.39, 0.29) is 5.91 Å². The van der Waals surface area contributed by atoms with Gasteiger partial charge in [0.1, 0.15) is 0 Å². The molecule has 1 aliphatic heterocycles. The van der Waals surface area contributed by atoms with Gasteiger partial charge in [0.15, 0.2) is 0 Å². The first-order valence-electron chi connectivity index (χ1n) is 7.06. The first kappa shape index (κ1) is 15.8. The molecule has 0 saturated carbocycles. The SMILES string of the molecule is CCN(CC)CCSCC(=O)NCC1CCCN1. The van der Waals surface area contributed by atoms with Crippen LogP contribution in [-0.2, 0) is 4.79 Å². The van der Waals surface area contributed by atoms with Crippen molar-refractivity contribution in [1.82, 2.24) is 15.5 Å². The maximum atomic E-state index is 11.6. The largest absolute Gasteiger partial charge is 0.354 e. The van der Waals surface area contributed by atoms with Gasteiger partial charge in [-0.3, -0.25) is 4.79 Å². The molecule has 1 saturated heterocycles. The highest BCUT2D eigenvalue weighted by Gasteiger charge is 2.14. The minimum atomic E-state index is 0.174. The first-order chi connectivity index (χ1) is 8.76. The highest BCUT2D eigenvalue weighted by Crippen LogP contribution is 2.04. The van der Waals surface area contributed by atoms with Crippen molar-refractivity contribution in [2.24, 2.45) is 0 Å². The number of nitrogens with one attached hydrogen (secondary N) is 2. The summed E-state index contributed by atoms with van der Waals surface area (Å²) in [5.41, 5.74) is 0. The number of hydrogen-bond acceptors (Lipinski definition) is 4. The molecule has 18 heavy (non-hydrogen) atoms. The lowest BCUT2D eigenvalue weighted by Gasteiger charge is -2.17. The number of carbonyl (C=O) groups excluding carboxylic acids is 1. The maximum absolute atomic E-state index is 11.6. The number of rotatable bonds is 9. The van der Waals surface area contributed by atoms with E-state index in [0.717, 1.165) is 38.5 Å². The van der Waals surface area contributed by atoms with Crippen LogP contribution in [0.3, 0.4) is 0 Å². The molecule has 1 atom stereocenters. The maximum Gasteiger partial charge on any atom is 0.230 e. The predicted molar refractivity (Wildman–Crippen MR) is 79.1 cm³/mol. The van der Waals surface area contributed by atoms with E-state index in [1.54, 1.807) is 11.8 Å². The van der Waals surface area contributed by atoms with E-state index in [9.17, 15) is 4.79 Å². The molecule has 106 valence electrons. The quantitative estimate of drug-likeness (QED) is 0.614. The summed E-state index contributed by atoms with van der Waals surface area (Å²) in [4.78, 5) is 14.0. The molecule has 0 radical (unpaired) electrons. The molecule has 0 aromatic carbocycles. The minimum absolute atomic E-state index is 0.174. The molecule has 1 amide bonds. The van der Waals surface area contributed by atoms with Crippen LogP contribution in [-0.4, -0.2) is 61.1 Å². The Bertz CT molecular complexity index is 228. The van der Waals surface area contributed by atoms with Gasteiger partial charge in [0, 0.05) is 24.9 Å². The molecule has 0 aliphatic carbocycles. The van der Waals surface area contributed by atoms with Crippen LogP contribution in [0, 0.1) is 0 Å². The minimum Gasteiger partial charge on any atom is -0.354 e. The predicted octanol–water partition coefficient (Wildman–Crippen LogP) is 0.930. The van der Waals surface area contributed by atoms with Gasteiger partial charge < -0.3 is 15.5 Å². The lowest BCUT2D eigenvalue weighted by molar-refractivity contribution is -0.118. The van der Waals surface area contributed by atoms with Crippen LogP contribution in [0.4, 0.5) is 0 Å². The van der Waals surface area contributed by atoms with E-state index in [1.807, 2.05) is 0 Å². The molecule has 1 aliphatic rings. The molecule has 0 aromatic heterocycles. The highest BCUT2D eigenvalue weighted by molar-refractivity contribution is 7.99. The second-order valence-corrected chi connectivity index (χ2v) is 5.78. The lowest BCUT2D eigenvalue weighted by Crippen LogP contribution is -2.38. The van der Waals surface area contributed by atoms with Crippen LogP contribution in [0.15, 0.2) is 0 Å². The van der Waals surface area contributed by atoms with Crippen molar-refractivity contribution >= 4 is 17.7 Å². The summed E-state index contributed by atoms with van der Waals surface area (Å²) in [6.07, 6.45) is 2.43. The summed E-state index contributed by atoms with van der Waals surface area (Å²) in [7, 11) is 0. The van der Waals surface area contributed by atoms with Crippen LogP contribution in [0.1, 0.15) is 26.7 Å². The molecule has 1 fully saturated rings. The number of nitrogens with zero attached hydrogens (tertiary/aromatic N) is 1. The molecule has 0 bridgehead atoms. The van der Waals surface area contributed by atoms with Crippen molar-refractivity contribution in [2.75, 3.05) is 44.2 Å². The molecule has 4 nitrogen and oxygen atoms in total. The van der Waals surface area contributed by atoms with Crippen molar-refractivity contribution in [2.45, 2.75) is 32.7 Å². The molecule has 1 unspecified atom stereocenters. The molecule has 2 N–H and O–H groups in total. The summed E-state index contributed by atoms with van der Waals surface area (Å²) in [5, 5.41) is 6.39. The van der Waals surface area contributed by atoms with Gasteiger partial charge >= 0.3 is 0 Å². The van der Waals surface area contributed by atoms with E-state index in [1.165, 1.54) is 12.8 Å². The topological polar surface area (TPSA) is 44.4 Å². The molecule has 1 rings (SSSR count). The molecular formula is C13H27N3OS. The Morgan fingerprint density at radius 1 is 1.44 bits per heavy atom. The number of amides is 1. The highest BCUT2D eigenvalue weighted by atomic mass is 32.2. The zero-order valence-corrected chi connectivity index (χ0v) is 12.5. The average Bonchev–Trinajstić information content (AvgIpc) is 2.90. The summed E-state index contributed by atoms with van der Waals surface area (Å²) in [5.74, 6) is 1.80. The van der Waals surface area contributed by atoms with Crippen molar-refractivity contribution in [1.29, 1.82) is 0 Å². The van der Waals surface area contributed by atoms with Crippen molar-refractivity contribution in [3.05, 3.63) is 0 Å². The van der Waals surface area contributed by atoms with Gasteiger partial charge in [-0.25, -0.2) is 0 Å². The summed E-state index contributed by atoms with van der Waals surface area (Å²) >= 11 is 1.73. The number of carbonyl (C=O) groups is 1. The van der Waals surface area contributed by atoms with E-state index in [2.05, 4.69) is 29.4 Å². The Morgan fingerprint density at radius 3 is 2.83 bits per heavy atom. The average molecular weight is 273 g/mol. The van der Waals surface area contributed by atoms with E-state index >= 15 is 0 Å². The second-order valence-electron chi connectivity index (χ2n) is 4.68. The fourth-order valence-electron chi connectivity index (χ4n) is 2.12. The smallest absolute Gasteiger partial charge is 0.230 e. The van der Waals surface area contributed by atoms with Crippen LogP contribution in [0.2, 0.25) is 0 Å². The zero-order valence-electron chi connectivity index (χ0n) is 11.7. The fourth-order valence-corrected chi connectivity index (χ4v) is 2.94. The van der Waals surface area contributed by atoms with E-state index in [4.69, 9.17) is 0 Å². The summed E-state index contributed by atoms with van der Waals surface area (Å²) in [6.45, 7) is 9.50. The Balaban J connectivity index is 1.96. The third kappa shape index (κ3) is 6.61.